The van der Waals surface area contributed by atoms with Gasteiger partial charge in [-0.15, -0.1) is 0 Å². The quantitative estimate of drug-likeness (QED) is 0.818. The molecule has 0 bridgehead atoms. The summed E-state index contributed by atoms with van der Waals surface area (Å²) in [5.41, 5.74) is 2.88. The van der Waals surface area contributed by atoms with Crippen LogP contribution in [0.2, 0.25) is 0 Å². The molecule has 2 aliphatic rings. The zero-order valence-electron chi connectivity index (χ0n) is 16.4. The summed E-state index contributed by atoms with van der Waals surface area (Å²) >= 11 is 0. The number of carbonyl (C=O) groups is 2. The van der Waals surface area contributed by atoms with Gasteiger partial charge in [0.25, 0.3) is 5.91 Å². The predicted octanol–water partition coefficient (Wildman–Crippen LogP) is 2.18. The van der Waals surface area contributed by atoms with Gasteiger partial charge in [0.05, 0.1) is 5.56 Å². The van der Waals surface area contributed by atoms with Crippen molar-refractivity contribution in [2.45, 2.75) is 26.7 Å². The van der Waals surface area contributed by atoms with E-state index in [9.17, 15) is 9.59 Å². The van der Waals surface area contributed by atoms with Crippen LogP contribution in [0.5, 0.6) is 0 Å². The van der Waals surface area contributed by atoms with E-state index >= 15 is 0 Å². The van der Waals surface area contributed by atoms with Crippen molar-refractivity contribution in [1.29, 1.82) is 0 Å². The van der Waals surface area contributed by atoms with E-state index in [2.05, 4.69) is 27.9 Å². The lowest BCUT2D eigenvalue weighted by atomic mass is 10.2. The van der Waals surface area contributed by atoms with Gasteiger partial charge in [-0.1, -0.05) is 6.07 Å². The molecule has 4 heterocycles. The fourth-order valence-electron chi connectivity index (χ4n) is 3.91. The molecule has 7 nitrogen and oxygen atoms in total. The molecule has 0 saturated carbocycles. The minimum Gasteiger partial charge on any atom is -0.353 e. The van der Waals surface area contributed by atoms with Crippen LogP contribution in [0.4, 0.5) is 11.6 Å². The van der Waals surface area contributed by atoms with E-state index < -0.39 is 0 Å². The molecule has 2 aromatic rings. The topological polar surface area (TPSA) is 69.6 Å². The molecular formula is C21H25N5O2. The first-order valence-corrected chi connectivity index (χ1v) is 9.77. The molecule has 2 aliphatic heterocycles. The summed E-state index contributed by atoms with van der Waals surface area (Å²) in [5, 5.41) is 0. The van der Waals surface area contributed by atoms with Crippen molar-refractivity contribution >= 4 is 23.5 Å². The number of pyridine rings is 2. The molecule has 0 N–H and O–H groups in total. The summed E-state index contributed by atoms with van der Waals surface area (Å²) in [6.07, 6.45) is 4.91. The van der Waals surface area contributed by atoms with Crippen LogP contribution in [-0.2, 0) is 4.79 Å². The zero-order chi connectivity index (χ0) is 19.7. The monoisotopic (exact) mass is 379 g/mol. The lowest BCUT2D eigenvalue weighted by Crippen LogP contribution is -2.49. The third-order valence-electron chi connectivity index (χ3n) is 5.40. The maximum atomic E-state index is 12.8. The van der Waals surface area contributed by atoms with Crippen LogP contribution in [0.15, 0.2) is 30.6 Å². The molecule has 0 atom stereocenters. The fourth-order valence-corrected chi connectivity index (χ4v) is 3.91. The predicted molar refractivity (Wildman–Crippen MR) is 108 cm³/mol. The van der Waals surface area contributed by atoms with E-state index in [1.807, 2.05) is 18.0 Å². The van der Waals surface area contributed by atoms with Gasteiger partial charge in [-0.25, -0.2) is 9.97 Å². The second-order valence-electron chi connectivity index (χ2n) is 7.49. The van der Waals surface area contributed by atoms with Gasteiger partial charge in [-0.05, 0) is 43.5 Å². The molecule has 28 heavy (non-hydrogen) atoms. The average Bonchev–Trinajstić information content (AvgIpc) is 3.14. The molecule has 7 heteroatoms. The van der Waals surface area contributed by atoms with E-state index in [1.54, 1.807) is 23.2 Å². The van der Waals surface area contributed by atoms with Gasteiger partial charge in [0.2, 0.25) is 5.91 Å². The smallest absolute Gasteiger partial charge is 0.255 e. The van der Waals surface area contributed by atoms with Crippen LogP contribution in [0.25, 0.3) is 0 Å². The number of anilines is 2. The largest absolute Gasteiger partial charge is 0.353 e. The first-order chi connectivity index (χ1) is 13.5. The summed E-state index contributed by atoms with van der Waals surface area (Å²) < 4.78 is 0. The van der Waals surface area contributed by atoms with Gasteiger partial charge >= 0.3 is 0 Å². The number of piperazine rings is 1. The average molecular weight is 379 g/mol. The number of amides is 2. The molecular weight excluding hydrogens is 354 g/mol. The second kappa shape index (κ2) is 7.58. The van der Waals surface area contributed by atoms with E-state index in [0.717, 1.165) is 36.5 Å². The molecule has 2 fully saturated rings. The normalized spacial score (nSPS) is 17.4. The lowest BCUT2D eigenvalue weighted by molar-refractivity contribution is -0.117. The van der Waals surface area contributed by atoms with Gasteiger partial charge in [0.1, 0.15) is 11.6 Å². The van der Waals surface area contributed by atoms with Crippen LogP contribution in [0.1, 0.15) is 34.3 Å². The van der Waals surface area contributed by atoms with Crippen molar-refractivity contribution in [1.82, 2.24) is 14.9 Å². The van der Waals surface area contributed by atoms with Gasteiger partial charge in [-0.3, -0.25) is 14.5 Å². The van der Waals surface area contributed by atoms with Crippen molar-refractivity contribution in [2.24, 2.45) is 0 Å². The van der Waals surface area contributed by atoms with Crippen molar-refractivity contribution in [3.05, 3.63) is 47.3 Å². The molecule has 4 rings (SSSR count). The summed E-state index contributed by atoms with van der Waals surface area (Å²) in [6, 6.07) is 5.68. The summed E-state index contributed by atoms with van der Waals surface area (Å²) in [4.78, 5) is 39.3. The van der Waals surface area contributed by atoms with E-state index in [0.29, 0.717) is 37.4 Å². The number of hydrogen-bond donors (Lipinski definition) is 0. The number of aryl methyl sites for hydroxylation is 2. The van der Waals surface area contributed by atoms with Crippen LogP contribution in [-0.4, -0.2) is 59.4 Å². The highest BCUT2D eigenvalue weighted by Crippen LogP contribution is 2.21. The minimum atomic E-state index is -0.0139. The third kappa shape index (κ3) is 3.56. The summed E-state index contributed by atoms with van der Waals surface area (Å²) in [5.74, 6) is 1.71. The molecule has 2 amide bonds. The van der Waals surface area contributed by atoms with Crippen LogP contribution in [0, 0.1) is 13.8 Å². The van der Waals surface area contributed by atoms with Gasteiger partial charge in [0.15, 0.2) is 0 Å². The van der Waals surface area contributed by atoms with Crippen LogP contribution in [0.3, 0.4) is 0 Å². The maximum Gasteiger partial charge on any atom is 0.255 e. The lowest BCUT2D eigenvalue weighted by Gasteiger charge is -2.36. The SMILES string of the molecule is Cc1cnc(N2CCN(C(=O)c3ccc(N4CCCC4=O)nc3)CC2)c(C)c1. The van der Waals surface area contributed by atoms with Crippen molar-refractivity contribution < 1.29 is 9.59 Å². The Balaban J connectivity index is 1.39. The molecule has 0 aliphatic carbocycles. The number of nitrogens with zero attached hydrogens (tertiary/aromatic N) is 5. The number of rotatable bonds is 3. The number of carbonyl (C=O) groups excluding carboxylic acids is 2. The Morgan fingerprint density at radius 2 is 1.79 bits per heavy atom. The van der Waals surface area contributed by atoms with Gasteiger partial charge in [-0.2, -0.15) is 0 Å². The molecule has 146 valence electrons. The van der Waals surface area contributed by atoms with Crippen LogP contribution < -0.4 is 9.80 Å². The molecule has 0 aromatic carbocycles. The molecule has 0 spiro atoms. The highest BCUT2D eigenvalue weighted by molar-refractivity contribution is 5.96. The zero-order valence-corrected chi connectivity index (χ0v) is 16.4. The second-order valence-corrected chi connectivity index (χ2v) is 7.49. The van der Waals surface area contributed by atoms with Crippen molar-refractivity contribution in [2.75, 3.05) is 42.5 Å². The van der Waals surface area contributed by atoms with Gasteiger partial charge in [0, 0.05) is 51.5 Å². The third-order valence-corrected chi connectivity index (χ3v) is 5.40. The molecule has 2 aromatic heterocycles. The van der Waals surface area contributed by atoms with Gasteiger partial charge < -0.3 is 9.80 Å². The standard InChI is InChI=1S/C21H25N5O2/c1-15-12-16(2)20(23-13-15)24-8-10-25(11-9-24)21(28)17-5-6-18(22-14-17)26-7-3-4-19(26)27/h5-6,12-14H,3-4,7-11H2,1-2H3. The molecule has 0 radical (unpaired) electrons. The minimum absolute atomic E-state index is 0.0139. The van der Waals surface area contributed by atoms with Crippen molar-refractivity contribution in [3.8, 4) is 0 Å². The Labute approximate surface area is 165 Å². The van der Waals surface area contributed by atoms with Crippen molar-refractivity contribution in [3.63, 3.8) is 0 Å². The Bertz CT molecular complexity index is 888. The Morgan fingerprint density at radius 3 is 2.39 bits per heavy atom. The van der Waals surface area contributed by atoms with Crippen LogP contribution >= 0.6 is 0 Å². The van der Waals surface area contributed by atoms with E-state index in [1.165, 1.54) is 0 Å². The summed E-state index contributed by atoms with van der Waals surface area (Å²) in [7, 11) is 0. The first kappa shape index (κ1) is 18.4. The summed E-state index contributed by atoms with van der Waals surface area (Å²) in [6.45, 7) is 7.64. The van der Waals surface area contributed by atoms with E-state index in [4.69, 9.17) is 0 Å². The molecule has 0 unspecified atom stereocenters. The Morgan fingerprint density at radius 1 is 1.00 bits per heavy atom. The Kier molecular flexibility index (Phi) is 4.98. The first-order valence-electron chi connectivity index (χ1n) is 9.77. The van der Waals surface area contributed by atoms with E-state index in [-0.39, 0.29) is 11.8 Å². The number of hydrogen-bond acceptors (Lipinski definition) is 5. The highest BCUT2D eigenvalue weighted by Gasteiger charge is 2.25. The number of aromatic nitrogens is 2. The molecule has 2 saturated heterocycles. The highest BCUT2D eigenvalue weighted by atomic mass is 16.2. The Hall–Kier alpha value is -2.96. The fraction of sp³-hybridized carbons (Fsp3) is 0.429. The maximum absolute atomic E-state index is 12.8.